The molecule has 0 amide bonds. The molecule has 0 bridgehead atoms. The molecule has 1 aromatic heterocycles. The Morgan fingerprint density at radius 1 is 1.54 bits per heavy atom. The molecule has 0 saturated heterocycles. The van der Waals surface area contributed by atoms with Gasteiger partial charge in [-0.3, -0.25) is 0 Å². The molecule has 0 radical (unpaired) electrons. The van der Waals surface area contributed by atoms with Crippen LogP contribution in [-0.2, 0) is 0 Å². The van der Waals surface area contributed by atoms with Gasteiger partial charge >= 0.3 is 0 Å². The average molecular weight is 244 g/mol. The lowest BCUT2D eigenvalue weighted by atomic mass is 10.1. The van der Waals surface area contributed by atoms with E-state index >= 15 is 0 Å². The number of hydrogen-bond acceptors (Lipinski definition) is 2. The van der Waals surface area contributed by atoms with Gasteiger partial charge in [-0.15, -0.1) is 0 Å². The zero-order valence-corrected chi connectivity index (χ0v) is 9.68. The van der Waals surface area contributed by atoms with Gasteiger partial charge in [0.25, 0.3) is 0 Å². The molecule has 0 aliphatic heterocycles. The Hall–Kier alpha value is -0.280. The van der Waals surface area contributed by atoms with Crippen LogP contribution in [-0.4, -0.2) is 6.04 Å². The molecular formula is C10H14BrNO. The van der Waals surface area contributed by atoms with E-state index in [2.05, 4.69) is 36.7 Å². The van der Waals surface area contributed by atoms with Crippen molar-refractivity contribution in [2.45, 2.75) is 32.7 Å². The predicted octanol–water partition coefficient (Wildman–Crippen LogP) is 2.80. The van der Waals surface area contributed by atoms with Gasteiger partial charge in [0.05, 0.1) is 0 Å². The molecule has 0 aromatic carbocycles. The SMILES string of the molecule is Cc1cc(Br)oc1[C@@H]1[C@@H](N)C1(C)C. The first-order valence-corrected chi connectivity index (χ1v) is 5.25. The van der Waals surface area contributed by atoms with Crippen molar-refractivity contribution in [2.75, 3.05) is 0 Å². The molecule has 1 aliphatic rings. The normalized spacial score (nSPS) is 30.5. The minimum Gasteiger partial charge on any atom is -0.454 e. The standard InChI is InChI=1S/C10H14BrNO/c1-5-4-6(11)13-8(5)7-9(12)10(7,2)3/h4,7,9H,12H2,1-3H3/t7-,9-/m1/s1. The van der Waals surface area contributed by atoms with Crippen LogP contribution in [0.4, 0.5) is 0 Å². The second-order valence-electron chi connectivity index (χ2n) is 4.42. The number of aryl methyl sites for hydroxylation is 1. The Kier molecular flexibility index (Phi) is 1.86. The lowest BCUT2D eigenvalue weighted by Crippen LogP contribution is -2.06. The van der Waals surface area contributed by atoms with Gasteiger partial charge in [0, 0.05) is 12.0 Å². The van der Waals surface area contributed by atoms with E-state index < -0.39 is 0 Å². The number of furan rings is 1. The quantitative estimate of drug-likeness (QED) is 0.824. The predicted molar refractivity (Wildman–Crippen MR) is 55.6 cm³/mol. The van der Waals surface area contributed by atoms with Gasteiger partial charge in [-0.1, -0.05) is 13.8 Å². The smallest absolute Gasteiger partial charge is 0.169 e. The summed E-state index contributed by atoms with van der Waals surface area (Å²) in [4.78, 5) is 0. The van der Waals surface area contributed by atoms with Crippen LogP contribution in [0.15, 0.2) is 15.2 Å². The minimum atomic E-state index is 0.196. The van der Waals surface area contributed by atoms with E-state index in [1.807, 2.05) is 6.07 Å². The largest absolute Gasteiger partial charge is 0.454 e. The number of nitrogens with two attached hydrogens (primary N) is 1. The molecule has 1 aliphatic carbocycles. The molecule has 3 heteroatoms. The third kappa shape index (κ3) is 1.25. The van der Waals surface area contributed by atoms with Gasteiger partial charge in [0.1, 0.15) is 5.76 Å². The minimum absolute atomic E-state index is 0.196. The van der Waals surface area contributed by atoms with Crippen molar-refractivity contribution >= 4 is 15.9 Å². The molecule has 2 rings (SSSR count). The summed E-state index contributed by atoms with van der Waals surface area (Å²) < 4.78 is 6.38. The zero-order valence-electron chi connectivity index (χ0n) is 8.10. The number of hydrogen-bond donors (Lipinski definition) is 1. The fourth-order valence-corrected chi connectivity index (χ4v) is 2.46. The molecule has 1 aromatic rings. The summed E-state index contributed by atoms with van der Waals surface area (Å²) in [5, 5.41) is 0. The van der Waals surface area contributed by atoms with Crippen LogP contribution < -0.4 is 5.73 Å². The molecule has 1 fully saturated rings. The maximum Gasteiger partial charge on any atom is 0.169 e. The van der Waals surface area contributed by atoms with E-state index in [0.717, 1.165) is 10.4 Å². The van der Waals surface area contributed by atoms with Crippen LogP contribution in [0.3, 0.4) is 0 Å². The number of halogens is 1. The van der Waals surface area contributed by atoms with Gasteiger partial charge in [0.15, 0.2) is 4.67 Å². The monoisotopic (exact) mass is 243 g/mol. The van der Waals surface area contributed by atoms with Crippen LogP contribution in [0.25, 0.3) is 0 Å². The summed E-state index contributed by atoms with van der Waals surface area (Å²) in [5.74, 6) is 1.43. The summed E-state index contributed by atoms with van der Waals surface area (Å²) in [7, 11) is 0. The fraction of sp³-hybridized carbons (Fsp3) is 0.600. The highest BCUT2D eigenvalue weighted by molar-refractivity contribution is 9.10. The van der Waals surface area contributed by atoms with Crippen molar-refractivity contribution in [2.24, 2.45) is 11.1 Å². The maximum absolute atomic E-state index is 5.98. The van der Waals surface area contributed by atoms with E-state index in [-0.39, 0.29) is 11.5 Å². The average Bonchev–Trinajstić information content (AvgIpc) is 2.36. The Labute approximate surface area is 86.6 Å². The first kappa shape index (κ1) is 9.28. The molecule has 2 N–H and O–H groups in total. The zero-order chi connectivity index (χ0) is 9.80. The first-order valence-electron chi connectivity index (χ1n) is 4.46. The lowest BCUT2D eigenvalue weighted by molar-refractivity contribution is 0.462. The Balaban J connectivity index is 2.34. The fourth-order valence-electron chi connectivity index (χ4n) is 1.94. The summed E-state index contributed by atoms with van der Waals surface area (Å²) >= 11 is 3.33. The van der Waals surface area contributed by atoms with E-state index in [0.29, 0.717) is 5.92 Å². The molecule has 2 atom stereocenters. The third-order valence-electron chi connectivity index (χ3n) is 3.12. The molecule has 0 spiro atoms. The van der Waals surface area contributed by atoms with Gasteiger partial charge in [-0.2, -0.15) is 0 Å². The first-order chi connectivity index (χ1) is 5.94. The van der Waals surface area contributed by atoms with Crippen molar-refractivity contribution in [3.8, 4) is 0 Å². The summed E-state index contributed by atoms with van der Waals surface area (Å²) in [6.45, 7) is 6.42. The van der Waals surface area contributed by atoms with Crippen molar-refractivity contribution in [1.82, 2.24) is 0 Å². The number of rotatable bonds is 1. The Bertz CT molecular complexity index is 343. The van der Waals surface area contributed by atoms with Gasteiger partial charge in [-0.25, -0.2) is 0 Å². The van der Waals surface area contributed by atoms with Crippen molar-refractivity contribution in [3.05, 3.63) is 22.1 Å². The van der Waals surface area contributed by atoms with Crippen LogP contribution in [0.5, 0.6) is 0 Å². The topological polar surface area (TPSA) is 39.2 Å². The van der Waals surface area contributed by atoms with Crippen LogP contribution in [0, 0.1) is 12.3 Å². The van der Waals surface area contributed by atoms with E-state index in [9.17, 15) is 0 Å². The molecule has 2 nitrogen and oxygen atoms in total. The van der Waals surface area contributed by atoms with Crippen LogP contribution >= 0.6 is 15.9 Å². The van der Waals surface area contributed by atoms with Gasteiger partial charge in [0.2, 0.25) is 0 Å². The highest BCUT2D eigenvalue weighted by atomic mass is 79.9. The maximum atomic E-state index is 5.98. The molecule has 0 unspecified atom stereocenters. The Morgan fingerprint density at radius 2 is 2.08 bits per heavy atom. The van der Waals surface area contributed by atoms with E-state index in [1.165, 1.54) is 5.56 Å². The summed E-state index contributed by atoms with van der Waals surface area (Å²) in [5.41, 5.74) is 7.37. The van der Waals surface area contributed by atoms with Crippen LogP contribution in [0.2, 0.25) is 0 Å². The molecule has 1 saturated carbocycles. The molecule has 72 valence electrons. The Morgan fingerprint density at radius 3 is 2.38 bits per heavy atom. The molecule has 13 heavy (non-hydrogen) atoms. The highest BCUT2D eigenvalue weighted by Crippen LogP contribution is 2.58. The van der Waals surface area contributed by atoms with Crippen molar-refractivity contribution in [1.29, 1.82) is 0 Å². The summed E-state index contributed by atoms with van der Waals surface area (Å²) in [6, 6.07) is 2.24. The van der Waals surface area contributed by atoms with Crippen molar-refractivity contribution in [3.63, 3.8) is 0 Å². The van der Waals surface area contributed by atoms with Gasteiger partial charge in [-0.05, 0) is 39.9 Å². The molecule has 1 heterocycles. The second-order valence-corrected chi connectivity index (χ2v) is 5.20. The lowest BCUT2D eigenvalue weighted by Gasteiger charge is -1.99. The van der Waals surface area contributed by atoms with E-state index in [4.69, 9.17) is 10.2 Å². The molecular weight excluding hydrogens is 230 g/mol. The van der Waals surface area contributed by atoms with Crippen LogP contribution in [0.1, 0.15) is 31.1 Å². The third-order valence-corrected chi connectivity index (χ3v) is 3.51. The highest BCUT2D eigenvalue weighted by Gasteiger charge is 2.58. The van der Waals surface area contributed by atoms with E-state index in [1.54, 1.807) is 0 Å². The van der Waals surface area contributed by atoms with Gasteiger partial charge < -0.3 is 10.2 Å². The van der Waals surface area contributed by atoms with Crippen molar-refractivity contribution < 1.29 is 4.42 Å². The summed E-state index contributed by atoms with van der Waals surface area (Å²) in [6.07, 6.45) is 0. The second kappa shape index (κ2) is 2.61.